The highest BCUT2D eigenvalue weighted by atomic mass is 16.6. The largest absolute Gasteiger partial charge is 0.462 e. The number of carbonyl (C=O) groups is 3. The number of ether oxygens (including phenoxy) is 3. The van der Waals surface area contributed by atoms with E-state index in [9.17, 15) is 14.4 Å². The molecule has 0 radical (unpaired) electrons. The van der Waals surface area contributed by atoms with Gasteiger partial charge in [-0.05, 0) is 77.0 Å². The third kappa shape index (κ3) is 52.6. The fourth-order valence-corrected chi connectivity index (χ4v) is 8.47. The van der Waals surface area contributed by atoms with Crippen molar-refractivity contribution in [2.75, 3.05) is 13.2 Å². The lowest BCUT2D eigenvalue weighted by atomic mass is 10.0. The van der Waals surface area contributed by atoms with Crippen LogP contribution in [0, 0.1) is 0 Å². The van der Waals surface area contributed by atoms with Gasteiger partial charge in [0.15, 0.2) is 6.10 Å². The maximum Gasteiger partial charge on any atom is 0.306 e. The fourth-order valence-electron chi connectivity index (χ4n) is 8.47. The van der Waals surface area contributed by atoms with Crippen molar-refractivity contribution in [3.8, 4) is 0 Å². The fraction of sp³-hybridized carbons (Fsp3) is 0.850. The van der Waals surface area contributed by atoms with E-state index in [2.05, 4.69) is 57.2 Å². The molecule has 0 aromatic carbocycles. The van der Waals surface area contributed by atoms with Crippen LogP contribution in [-0.2, 0) is 28.6 Å². The van der Waals surface area contributed by atoms with Crippen LogP contribution in [0.15, 0.2) is 36.5 Å². The van der Waals surface area contributed by atoms with Crippen LogP contribution in [0.3, 0.4) is 0 Å². The molecule has 386 valence electrons. The summed E-state index contributed by atoms with van der Waals surface area (Å²) in [5.74, 6) is -0.869. The summed E-state index contributed by atoms with van der Waals surface area (Å²) in [5.41, 5.74) is 0. The van der Waals surface area contributed by atoms with Crippen molar-refractivity contribution >= 4 is 17.9 Å². The number of allylic oxidation sites excluding steroid dienone is 6. The molecule has 0 heterocycles. The SMILES string of the molecule is CCCCC/C=C\CCCCCCCC(=O)OC(COC(=O)CCCCCCCCCCCCC)COC(=O)CCCCCCCCCCCCCCC/C=C\C/C=C\CCCCCCC. The normalized spacial score (nSPS) is 12.2. The first-order valence-electron chi connectivity index (χ1n) is 29.0. The number of esters is 3. The third-order valence-electron chi connectivity index (χ3n) is 12.9. The van der Waals surface area contributed by atoms with Crippen LogP contribution in [-0.4, -0.2) is 37.2 Å². The summed E-state index contributed by atoms with van der Waals surface area (Å²) in [7, 11) is 0. The van der Waals surface area contributed by atoms with E-state index in [0.717, 1.165) is 70.6 Å². The molecule has 66 heavy (non-hydrogen) atoms. The Morgan fingerprint density at radius 1 is 0.303 bits per heavy atom. The second-order valence-electron chi connectivity index (χ2n) is 19.6. The van der Waals surface area contributed by atoms with Crippen molar-refractivity contribution in [3.05, 3.63) is 36.5 Å². The molecule has 0 saturated heterocycles. The number of carbonyl (C=O) groups excluding carboxylic acids is 3. The first kappa shape index (κ1) is 63.6. The molecule has 1 atom stereocenters. The molecule has 0 aliphatic rings. The minimum absolute atomic E-state index is 0.0719. The maximum absolute atomic E-state index is 12.8. The van der Waals surface area contributed by atoms with E-state index < -0.39 is 6.10 Å². The summed E-state index contributed by atoms with van der Waals surface area (Å²) in [5, 5.41) is 0. The highest BCUT2D eigenvalue weighted by molar-refractivity contribution is 5.71. The van der Waals surface area contributed by atoms with E-state index in [-0.39, 0.29) is 31.1 Å². The van der Waals surface area contributed by atoms with Crippen LogP contribution in [0.2, 0.25) is 0 Å². The molecule has 6 heteroatoms. The monoisotopic (exact) mass is 927 g/mol. The molecular weight excluding hydrogens is 817 g/mol. The standard InChI is InChI=1S/C60H110O6/c1-4-7-10-13-16-19-22-24-25-26-27-28-29-30-31-32-33-34-35-36-39-41-44-47-50-53-59(62)65-56-57(55-64-58(61)52-49-46-43-40-37-21-18-15-12-9-6-3)66-60(63)54-51-48-45-42-38-23-20-17-14-11-8-5-2/h17,20,22,24,26-27,57H,4-16,18-19,21,23,25,28-56H2,1-3H3/b20-17-,24-22-,27-26-. The second-order valence-corrected chi connectivity index (χ2v) is 19.6. The second kappa shape index (κ2) is 55.2. The maximum atomic E-state index is 12.8. The van der Waals surface area contributed by atoms with Crippen molar-refractivity contribution in [1.82, 2.24) is 0 Å². The van der Waals surface area contributed by atoms with E-state index in [1.807, 2.05) is 0 Å². The van der Waals surface area contributed by atoms with Crippen LogP contribution < -0.4 is 0 Å². The van der Waals surface area contributed by atoms with Crippen LogP contribution in [0.4, 0.5) is 0 Å². The molecule has 0 bridgehead atoms. The molecule has 0 aliphatic heterocycles. The van der Waals surface area contributed by atoms with E-state index >= 15 is 0 Å². The van der Waals surface area contributed by atoms with Gasteiger partial charge in [-0.15, -0.1) is 0 Å². The Labute approximate surface area is 410 Å². The first-order valence-corrected chi connectivity index (χ1v) is 29.0. The zero-order valence-corrected chi connectivity index (χ0v) is 44.2. The molecule has 0 N–H and O–H groups in total. The average Bonchev–Trinajstić information content (AvgIpc) is 3.31. The lowest BCUT2D eigenvalue weighted by molar-refractivity contribution is -0.167. The van der Waals surface area contributed by atoms with Gasteiger partial charge in [-0.3, -0.25) is 14.4 Å². The van der Waals surface area contributed by atoms with Gasteiger partial charge in [0.1, 0.15) is 13.2 Å². The summed E-state index contributed by atoms with van der Waals surface area (Å²) in [6.45, 7) is 6.62. The molecule has 6 nitrogen and oxygen atoms in total. The van der Waals surface area contributed by atoms with Gasteiger partial charge in [-0.1, -0.05) is 250 Å². The van der Waals surface area contributed by atoms with Gasteiger partial charge in [-0.2, -0.15) is 0 Å². The third-order valence-corrected chi connectivity index (χ3v) is 12.9. The van der Waals surface area contributed by atoms with Gasteiger partial charge >= 0.3 is 17.9 Å². The molecular formula is C60H110O6. The molecule has 0 aromatic rings. The molecule has 0 aromatic heterocycles. The minimum atomic E-state index is -0.772. The van der Waals surface area contributed by atoms with Crippen LogP contribution in [0.5, 0.6) is 0 Å². The summed E-state index contributed by atoms with van der Waals surface area (Å²) in [6, 6.07) is 0. The summed E-state index contributed by atoms with van der Waals surface area (Å²) in [6.07, 6.45) is 65.7. The molecule has 1 unspecified atom stereocenters. The Balaban J connectivity index is 4.18. The first-order chi connectivity index (χ1) is 32.5. The van der Waals surface area contributed by atoms with Gasteiger partial charge in [0.05, 0.1) is 0 Å². The van der Waals surface area contributed by atoms with Gasteiger partial charge in [0.25, 0.3) is 0 Å². The molecule has 0 fully saturated rings. The van der Waals surface area contributed by atoms with Crippen molar-refractivity contribution in [2.45, 2.75) is 316 Å². The van der Waals surface area contributed by atoms with Crippen LogP contribution in [0.25, 0.3) is 0 Å². The molecule has 0 spiro atoms. The lowest BCUT2D eigenvalue weighted by Gasteiger charge is -2.18. The molecule has 0 amide bonds. The van der Waals surface area contributed by atoms with Crippen LogP contribution in [0.1, 0.15) is 310 Å². The quantitative estimate of drug-likeness (QED) is 0.0262. The zero-order chi connectivity index (χ0) is 47.9. The van der Waals surface area contributed by atoms with Gasteiger partial charge in [0, 0.05) is 19.3 Å². The van der Waals surface area contributed by atoms with Crippen molar-refractivity contribution in [2.24, 2.45) is 0 Å². The summed E-state index contributed by atoms with van der Waals surface area (Å²) >= 11 is 0. The summed E-state index contributed by atoms with van der Waals surface area (Å²) < 4.78 is 16.8. The topological polar surface area (TPSA) is 78.9 Å². The highest BCUT2D eigenvalue weighted by Crippen LogP contribution is 2.16. The van der Waals surface area contributed by atoms with Gasteiger partial charge in [0.2, 0.25) is 0 Å². The van der Waals surface area contributed by atoms with E-state index in [1.54, 1.807) is 0 Å². The molecule has 0 rings (SSSR count). The predicted octanol–water partition coefficient (Wildman–Crippen LogP) is 19.3. The minimum Gasteiger partial charge on any atom is -0.462 e. The van der Waals surface area contributed by atoms with E-state index in [1.165, 1.54) is 199 Å². The Hall–Kier alpha value is -2.37. The summed E-state index contributed by atoms with van der Waals surface area (Å²) in [4.78, 5) is 38.0. The number of hydrogen-bond donors (Lipinski definition) is 0. The molecule has 0 saturated carbocycles. The highest BCUT2D eigenvalue weighted by Gasteiger charge is 2.19. The Morgan fingerprint density at radius 2 is 0.545 bits per heavy atom. The number of unbranched alkanes of at least 4 members (excludes halogenated alkanes) is 36. The average molecular weight is 928 g/mol. The molecule has 0 aliphatic carbocycles. The number of rotatable bonds is 53. The zero-order valence-electron chi connectivity index (χ0n) is 44.2. The lowest BCUT2D eigenvalue weighted by Crippen LogP contribution is -2.30. The Morgan fingerprint density at radius 3 is 0.879 bits per heavy atom. The Kier molecular flexibility index (Phi) is 53.2. The predicted molar refractivity (Wildman–Crippen MR) is 284 cm³/mol. The van der Waals surface area contributed by atoms with Crippen LogP contribution >= 0.6 is 0 Å². The van der Waals surface area contributed by atoms with E-state index in [4.69, 9.17) is 14.2 Å². The van der Waals surface area contributed by atoms with Crippen molar-refractivity contribution < 1.29 is 28.6 Å². The number of hydrogen-bond acceptors (Lipinski definition) is 6. The van der Waals surface area contributed by atoms with Gasteiger partial charge in [-0.25, -0.2) is 0 Å². The van der Waals surface area contributed by atoms with Crippen molar-refractivity contribution in [3.63, 3.8) is 0 Å². The Bertz CT molecular complexity index is 1110. The van der Waals surface area contributed by atoms with Gasteiger partial charge < -0.3 is 14.2 Å². The smallest absolute Gasteiger partial charge is 0.306 e. The van der Waals surface area contributed by atoms with Crippen molar-refractivity contribution in [1.29, 1.82) is 0 Å². The van der Waals surface area contributed by atoms with E-state index in [0.29, 0.717) is 19.3 Å².